The third-order valence-corrected chi connectivity index (χ3v) is 4.38. The fourth-order valence-electron chi connectivity index (χ4n) is 2.81. The topological polar surface area (TPSA) is 45.2 Å². The zero-order valence-electron chi connectivity index (χ0n) is 12.4. The molecule has 2 heterocycles. The Balaban J connectivity index is 1.95. The Kier molecular flexibility index (Phi) is 4.41. The molecule has 0 aliphatic carbocycles. The number of nitrogens with one attached hydrogen (secondary N) is 1. The van der Waals surface area contributed by atoms with E-state index in [-0.39, 0.29) is 11.9 Å². The summed E-state index contributed by atoms with van der Waals surface area (Å²) in [6, 6.07) is 9.50. The van der Waals surface area contributed by atoms with Crippen LogP contribution in [0.1, 0.15) is 27.5 Å². The first-order chi connectivity index (χ1) is 10.7. The van der Waals surface area contributed by atoms with Gasteiger partial charge in [-0.15, -0.1) is 0 Å². The van der Waals surface area contributed by atoms with Gasteiger partial charge in [-0.1, -0.05) is 29.8 Å². The van der Waals surface area contributed by atoms with E-state index in [0.29, 0.717) is 23.7 Å². The van der Waals surface area contributed by atoms with Gasteiger partial charge in [0.2, 0.25) is 0 Å². The van der Waals surface area contributed by atoms with E-state index in [4.69, 9.17) is 11.6 Å². The van der Waals surface area contributed by atoms with Gasteiger partial charge in [0.15, 0.2) is 0 Å². The van der Waals surface area contributed by atoms with Gasteiger partial charge in [-0.05, 0) is 30.2 Å². The minimum atomic E-state index is -0.0606. The van der Waals surface area contributed by atoms with E-state index in [2.05, 4.69) is 10.3 Å². The summed E-state index contributed by atoms with van der Waals surface area (Å²) in [5.74, 6) is 0.0111. The molecule has 1 amide bonds. The molecule has 114 valence electrons. The SMILES string of the molecule is Cc1ccncc1C(=O)N1CCNCC1c1ccccc1Cl. The molecule has 3 rings (SSSR count). The molecule has 4 nitrogen and oxygen atoms in total. The number of hydrogen-bond acceptors (Lipinski definition) is 3. The predicted octanol–water partition coefficient (Wildman–Crippen LogP) is 2.83. The van der Waals surface area contributed by atoms with Crippen molar-refractivity contribution in [2.75, 3.05) is 19.6 Å². The molecule has 1 aromatic carbocycles. The average molecular weight is 316 g/mol. The Bertz CT molecular complexity index is 689. The van der Waals surface area contributed by atoms with Gasteiger partial charge in [-0.2, -0.15) is 0 Å². The van der Waals surface area contributed by atoms with Gasteiger partial charge in [0.1, 0.15) is 0 Å². The third kappa shape index (κ3) is 2.85. The van der Waals surface area contributed by atoms with Gasteiger partial charge in [0.05, 0.1) is 11.6 Å². The molecule has 0 saturated carbocycles. The average Bonchev–Trinajstić information content (AvgIpc) is 2.55. The summed E-state index contributed by atoms with van der Waals surface area (Å²) in [4.78, 5) is 18.9. The van der Waals surface area contributed by atoms with Crippen molar-refractivity contribution in [2.45, 2.75) is 13.0 Å². The number of amides is 1. The van der Waals surface area contributed by atoms with Crippen LogP contribution in [-0.2, 0) is 0 Å². The van der Waals surface area contributed by atoms with E-state index in [1.807, 2.05) is 42.2 Å². The lowest BCUT2D eigenvalue weighted by Crippen LogP contribution is -2.49. The van der Waals surface area contributed by atoms with Crippen LogP contribution >= 0.6 is 11.6 Å². The van der Waals surface area contributed by atoms with Crippen LogP contribution in [0.2, 0.25) is 5.02 Å². The van der Waals surface area contributed by atoms with Crippen LogP contribution in [0.5, 0.6) is 0 Å². The number of aryl methyl sites for hydroxylation is 1. The third-order valence-electron chi connectivity index (χ3n) is 4.04. The molecule has 0 spiro atoms. The van der Waals surface area contributed by atoms with Crippen molar-refractivity contribution in [1.82, 2.24) is 15.2 Å². The van der Waals surface area contributed by atoms with Crippen LogP contribution in [0, 0.1) is 6.92 Å². The summed E-state index contributed by atoms with van der Waals surface area (Å²) < 4.78 is 0. The molecular formula is C17H18ClN3O. The highest BCUT2D eigenvalue weighted by Crippen LogP contribution is 2.29. The van der Waals surface area contributed by atoms with E-state index in [1.54, 1.807) is 12.4 Å². The fourth-order valence-corrected chi connectivity index (χ4v) is 3.07. The van der Waals surface area contributed by atoms with Gasteiger partial charge < -0.3 is 10.2 Å². The molecule has 2 aromatic rings. The van der Waals surface area contributed by atoms with Crippen LogP contribution in [0.4, 0.5) is 0 Å². The van der Waals surface area contributed by atoms with E-state index in [9.17, 15) is 4.79 Å². The molecule has 1 aromatic heterocycles. The van der Waals surface area contributed by atoms with Crippen molar-refractivity contribution >= 4 is 17.5 Å². The number of nitrogens with zero attached hydrogens (tertiary/aromatic N) is 2. The number of hydrogen-bond donors (Lipinski definition) is 1. The number of rotatable bonds is 2. The van der Waals surface area contributed by atoms with Crippen molar-refractivity contribution in [1.29, 1.82) is 0 Å². The maximum Gasteiger partial charge on any atom is 0.256 e. The van der Waals surface area contributed by atoms with E-state index in [0.717, 1.165) is 17.7 Å². The maximum absolute atomic E-state index is 12.9. The van der Waals surface area contributed by atoms with Crippen LogP contribution in [0.25, 0.3) is 0 Å². The first-order valence-electron chi connectivity index (χ1n) is 7.35. The standard InChI is InChI=1S/C17H18ClN3O/c1-12-6-7-19-10-14(12)17(22)21-9-8-20-11-16(21)13-4-2-3-5-15(13)18/h2-7,10,16,20H,8-9,11H2,1H3. The van der Waals surface area contributed by atoms with Crippen LogP contribution < -0.4 is 5.32 Å². The number of piperazine rings is 1. The summed E-state index contributed by atoms with van der Waals surface area (Å²) in [6.07, 6.45) is 3.35. The number of pyridine rings is 1. The number of carbonyl (C=O) groups is 1. The molecule has 1 atom stereocenters. The van der Waals surface area contributed by atoms with Crippen LogP contribution in [0.15, 0.2) is 42.7 Å². The quantitative estimate of drug-likeness (QED) is 0.927. The van der Waals surface area contributed by atoms with E-state index in [1.165, 1.54) is 0 Å². The number of benzene rings is 1. The zero-order chi connectivity index (χ0) is 15.5. The summed E-state index contributed by atoms with van der Waals surface area (Å²) >= 11 is 6.33. The van der Waals surface area contributed by atoms with E-state index >= 15 is 0 Å². The molecule has 0 radical (unpaired) electrons. The molecule has 1 unspecified atom stereocenters. The second-order valence-corrected chi connectivity index (χ2v) is 5.84. The number of aromatic nitrogens is 1. The monoisotopic (exact) mass is 315 g/mol. The second-order valence-electron chi connectivity index (χ2n) is 5.43. The van der Waals surface area contributed by atoms with Crippen molar-refractivity contribution in [3.8, 4) is 0 Å². The van der Waals surface area contributed by atoms with Gasteiger partial charge in [-0.3, -0.25) is 9.78 Å². The van der Waals surface area contributed by atoms with Crippen LogP contribution in [0.3, 0.4) is 0 Å². The lowest BCUT2D eigenvalue weighted by atomic mass is 10.0. The molecule has 1 N–H and O–H groups in total. The van der Waals surface area contributed by atoms with Gasteiger partial charge in [0.25, 0.3) is 5.91 Å². The molecule has 1 fully saturated rings. The maximum atomic E-state index is 12.9. The van der Waals surface area contributed by atoms with Gasteiger partial charge >= 0.3 is 0 Å². The molecule has 1 aliphatic heterocycles. The highest BCUT2D eigenvalue weighted by atomic mass is 35.5. The summed E-state index contributed by atoms with van der Waals surface area (Å²) in [7, 11) is 0. The minimum absolute atomic E-state index is 0.0111. The Labute approximate surface area is 135 Å². The first kappa shape index (κ1) is 15.0. The highest BCUT2D eigenvalue weighted by Gasteiger charge is 2.30. The summed E-state index contributed by atoms with van der Waals surface area (Å²) in [5, 5.41) is 4.03. The minimum Gasteiger partial charge on any atom is -0.329 e. The van der Waals surface area contributed by atoms with Gasteiger partial charge in [0, 0.05) is 37.1 Å². The Morgan fingerprint density at radius 2 is 2.18 bits per heavy atom. The largest absolute Gasteiger partial charge is 0.329 e. The Hall–Kier alpha value is -1.91. The molecular weight excluding hydrogens is 298 g/mol. The Morgan fingerprint density at radius 1 is 1.36 bits per heavy atom. The lowest BCUT2D eigenvalue weighted by molar-refractivity contribution is 0.0633. The van der Waals surface area contributed by atoms with Crippen molar-refractivity contribution in [3.63, 3.8) is 0 Å². The molecule has 1 saturated heterocycles. The predicted molar refractivity (Wildman–Crippen MR) is 87.1 cm³/mol. The normalized spacial score (nSPS) is 18.3. The molecule has 0 bridgehead atoms. The molecule has 5 heteroatoms. The molecule has 22 heavy (non-hydrogen) atoms. The van der Waals surface area contributed by atoms with Gasteiger partial charge in [-0.25, -0.2) is 0 Å². The second kappa shape index (κ2) is 6.46. The molecule has 1 aliphatic rings. The highest BCUT2D eigenvalue weighted by molar-refractivity contribution is 6.31. The van der Waals surface area contributed by atoms with Crippen molar-refractivity contribution < 1.29 is 4.79 Å². The number of halogens is 1. The fraction of sp³-hybridized carbons (Fsp3) is 0.294. The Morgan fingerprint density at radius 3 is 2.95 bits per heavy atom. The smallest absolute Gasteiger partial charge is 0.256 e. The van der Waals surface area contributed by atoms with Crippen molar-refractivity contribution in [2.24, 2.45) is 0 Å². The van der Waals surface area contributed by atoms with Crippen molar-refractivity contribution in [3.05, 3.63) is 64.4 Å². The summed E-state index contributed by atoms with van der Waals surface area (Å²) in [6.45, 7) is 4.07. The summed E-state index contributed by atoms with van der Waals surface area (Å²) in [5.41, 5.74) is 2.57. The first-order valence-corrected chi connectivity index (χ1v) is 7.73. The lowest BCUT2D eigenvalue weighted by Gasteiger charge is -2.37. The van der Waals surface area contributed by atoms with E-state index < -0.39 is 0 Å². The zero-order valence-corrected chi connectivity index (χ0v) is 13.2. The van der Waals surface area contributed by atoms with Crippen LogP contribution in [-0.4, -0.2) is 35.4 Å². The number of carbonyl (C=O) groups excluding carboxylic acids is 1.